The van der Waals surface area contributed by atoms with E-state index < -0.39 is 18.3 Å². The molecule has 1 aliphatic rings. The van der Waals surface area contributed by atoms with Gasteiger partial charge in [-0.15, -0.1) is 0 Å². The molecule has 0 aliphatic carbocycles. The van der Waals surface area contributed by atoms with Crippen molar-refractivity contribution in [3.63, 3.8) is 0 Å². The van der Waals surface area contributed by atoms with Crippen molar-refractivity contribution in [3.8, 4) is 0 Å². The molecule has 0 saturated carbocycles. The molecule has 4 nitrogen and oxygen atoms in total. The lowest BCUT2D eigenvalue weighted by Gasteiger charge is -2.34. The average Bonchev–Trinajstić information content (AvgIpc) is 2.81. The van der Waals surface area contributed by atoms with Crippen molar-refractivity contribution in [2.75, 3.05) is 5.32 Å². The van der Waals surface area contributed by atoms with Gasteiger partial charge in [-0.25, -0.2) is 4.68 Å². The molecule has 2 rings (SSSR count). The molecule has 0 aromatic carbocycles. The van der Waals surface area contributed by atoms with Crippen LogP contribution in [0.3, 0.4) is 0 Å². The van der Waals surface area contributed by atoms with E-state index in [1.807, 2.05) is 0 Å². The van der Waals surface area contributed by atoms with Crippen LogP contribution in [0.2, 0.25) is 0 Å². The highest BCUT2D eigenvalue weighted by atomic mass is 19.4. The number of halogens is 3. The summed E-state index contributed by atoms with van der Waals surface area (Å²) in [6.45, 7) is 8.97. The van der Waals surface area contributed by atoms with Gasteiger partial charge in [-0.2, -0.15) is 18.3 Å². The first-order valence-electron chi connectivity index (χ1n) is 6.43. The van der Waals surface area contributed by atoms with Crippen LogP contribution in [-0.4, -0.2) is 22.0 Å². The number of rotatable bonds is 3. The monoisotopic (exact) mass is 298 g/mol. The van der Waals surface area contributed by atoms with Crippen LogP contribution in [-0.2, 0) is 0 Å². The lowest BCUT2D eigenvalue weighted by Crippen LogP contribution is -2.40. The van der Waals surface area contributed by atoms with Crippen LogP contribution in [0, 0.1) is 0 Å². The van der Waals surface area contributed by atoms with E-state index in [1.165, 1.54) is 6.20 Å². The summed E-state index contributed by atoms with van der Waals surface area (Å²) in [6.07, 6.45) is 0.0405. The summed E-state index contributed by atoms with van der Waals surface area (Å²) in [5.41, 5.74) is 6.87. The van der Waals surface area contributed by atoms with Crippen LogP contribution >= 0.6 is 0 Å². The molecule has 0 fully saturated rings. The molecular weight excluding hydrogens is 281 g/mol. The van der Waals surface area contributed by atoms with Crippen molar-refractivity contribution >= 4 is 11.5 Å². The zero-order valence-electron chi connectivity index (χ0n) is 11.6. The van der Waals surface area contributed by atoms with E-state index >= 15 is 0 Å². The molecule has 0 radical (unpaired) electrons. The number of allylic oxidation sites excluding steroid dienone is 1. The smallest absolute Gasteiger partial charge is 0.399 e. The van der Waals surface area contributed by atoms with Gasteiger partial charge in [-0.1, -0.05) is 25.3 Å². The Labute approximate surface area is 120 Å². The standard InChI is InChI=1S/C14H17F3N4/c1-4-9(5-2)11-6-12(14(15,16)17)21-13(20-11)10(7-19-21)8(3)18/h4-5,7,11-12,20H,1,3,6,18H2,2H3/b9-5+. The second-order valence-corrected chi connectivity index (χ2v) is 4.86. The molecule has 0 amide bonds. The molecule has 7 heteroatoms. The van der Waals surface area contributed by atoms with Crippen molar-refractivity contribution in [2.45, 2.75) is 31.6 Å². The molecule has 1 aromatic rings. The first-order valence-corrected chi connectivity index (χ1v) is 6.43. The maximum atomic E-state index is 13.3. The van der Waals surface area contributed by atoms with Gasteiger partial charge in [0.1, 0.15) is 5.82 Å². The SMILES string of the molecule is C=C/C(=C\C)C1CC(C(F)(F)F)n2ncc(C(=C)N)c2N1. The fourth-order valence-corrected chi connectivity index (χ4v) is 2.48. The van der Waals surface area contributed by atoms with Gasteiger partial charge in [0.25, 0.3) is 0 Å². The summed E-state index contributed by atoms with van der Waals surface area (Å²) in [6, 6.07) is -2.21. The zero-order chi connectivity index (χ0) is 15.8. The number of nitrogens with one attached hydrogen (secondary N) is 1. The molecule has 1 aliphatic heterocycles. The van der Waals surface area contributed by atoms with Gasteiger partial charge in [0.05, 0.1) is 17.8 Å². The molecule has 3 N–H and O–H groups in total. The van der Waals surface area contributed by atoms with E-state index in [0.717, 1.165) is 4.68 Å². The lowest BCUT2D eigenvalue weighted by molar-refractivity contribution is -0.173. The summed E-state index contributed by atoms with van der Waals surface area (Å²) in [5.74, 6) is 0.238. The van der Waals surface area contributed by atoms with Gasteiger partial charge >= 0.3 is 6.18 Å². The van der Waals surface area contributed by atoms with Crippen LogP contribution in [0.25, 0.3) is 5.70 Å². The summed E-state index contributed by atoms with van der Waals surface area (Å²) in [4.78, 5) is 0. The predicted molar refractivity (Wildman–Crippen MR) is 76.5 cm³/mol. The van der Waals surface area contributed by atoms with Gasteiger partial charge in [-0.05, 0) is 12.5 Å². The Balaban J connectivity index is 2.52. The fraction of sp³-hybridized carbons (Fsp3) is 0.357. The maximum absolute atomic E-state index is 13.3. The number of nitrogens with zero attached hydrogens (tertiary/aromatic N) is 2. The summed E-state index contributed by atoms with van der Waals surface area (Å²) < 4.78 is 40.8. The van der Waals surface area contributed by atoms with Crippen LogP contribution in [0.5, 0.6) is 0 Å². The number of anilines is 1. The van der Waals surface area contributed by atoms with E-state index in [1.54, 1.807) is 19.1 Å². The third-order valence-corrected chi connectivity index (χ3v) is 3.56. The highest BCUT2D eigenvalue weighted by Gasteiger charge is 2.47. The molecule has 2 atom stereocenters. The topological polar surface area (TPSA) is 55.9 Å². The van der Waals surface area contributed by atoms with Gasteiger partial charge < -0.3 is 11.1 Å². The van der Waals surface area contributed by atoms with Crippen molar-refractivity contribution in [3.05, 3.63) is 42.6 Å². The molecule has 21 heavy (non-hydrogen) atoms. The highest BCUT2D eigenvalue weighted by Crippen LogP contribution is 2.42. The maximum Gasteiger partial charge on any atom is 0.410 e. The van der Waals surface area contributed by atoms with E-state index in [-0.39, 0.29) is 17.9 Å². The van der Waals surface area contributed by atoms with E-state index in [2.05, 4.69) is 23.6 Å². The quantitative estimate of drug-likeness (QED) is 0.842. The summed E-state index contributed by atoms with van der Waals surface area (Å²) >= 11 is 0. The van der Waals surface area contributed by atoms with Crippen molar-refractivity contribution in [1.29, 1.82) is 0 Å². The third kappa shape index (κ3) is 2.68. The van der Waals surface area contributed by atoms with Gasteiger partial charge in [-0.3, -0.25) is 0 Å². The summed E-state index contributed by atoms with van der Waals surface area (Å²) in [7, 11) is 0. The van der Waals surface area contributed by atoms with Crippen LogP contribution in [0.15, 0.2) is 37.1 Å². The predicted octanol–water partition coefficient (Wildman–Crippen LogP) is 3.23. The Morgan fingerprint density at radius 2 is 2.24 bits per heavy atom. The molecule has 1 aromatic heterocycles. The lowest BCUT2D eigenvalue weighted by atomic mass is 9.96. The van der Waals surface area contributed by atoms with Crippen molar-refractivity contribution < 1.29 is 13.2 Å². The number of aromatic nitrogens is 2. The average molecular weight is 298 g/mol. The minimum absolute atomic E-state index is 0.152. The molecule has 0 saturated heterocycles. The molecular formula is C14H17F3N4. The van der Waals surface area contributed by atoms with Gasteiger partial charge in [0.2, 0.25) is 0 Å². The normalized spacial score (nSPS) is 22.4. The second-order valence-electron chi connectivity index (χ2n) is 4.86. The zero-order valence-corrected chi connectivity index (χ0v) is 11.6. The molecule has 2 heterocycles. The van der Waals surface area contributed by atoms with Crippen molar-refractivity contribution in [2.24, 2.45) is 5.73 Å². The molecule has 0 bridgehead atoms. The number of nitrogens with two attached hydrogens (primary N) is 1. The molecule has 0 spiro atoms. The van der Waals surface area contributed by atoms with E-state index in [0.29, 0.717) is 11.1 Å². The Morgan fingerprint density at radius 3 is 2.71 bits per heavy atom. The minimum Gasteiger partial charge on any atom is -0.399 e. The first kappa shape index (κ1) is 15.2. The summed E-state index contributed by atoms with van der Waals surface area (Å²) in [5, 5.41) is 6.87. The Hall–Kier alpha value is -2.18. The van der Waals surface area contributed by atoms with E-state index in [9.17, 15) is 13.2 Å². The number of fused-ring (bicyclic) bond motifs is 1. The third-order valence-electron chi connectivity index (χ3n) is 3.56. The largest absolute Gasteiger partial charge is 0.410 e. The molecule has 2 unspecified atom stereocenters. The second kappa shape index (κ2) is 5.31. The fourth-order valence-electron chi connectivity index (χ4n) is 2.48. The molecule has 114 valence electrons. The van der Waals surface area contributed by atoms with Crippen LogP contribution in [0.4, 0.5) is 19.0 Å². The van der Waals surface area contributed by atoms with Crippen molar-refractivity contribution in [1.82, 2.24) is 9.78 Å². The Kier molecular flexibility index (Phi) is 3.85. The number of alkyl halides is 3. The Morgan fingerprint density at radius 1 is 1.57 bits per heavy atom. The highest BCUT2D eigenvalue weighted by molar-refractivity contribution is 5.71. The van der Waals surface area contributed by atoms with Gasteiger partial charge in [0.15, 0.2) is 6.04 Å². The van der Waals surface area contributed by atoms with E-state index in [4.69, 9.17) is 5.73 Å². The number of hydrogen-bond donors (Lipinski definition) is 2. The number of hydrogen-bond acceptors (Lipinski definition) is 3. The van der Waals surface area contributed by atoms with Gasteiger partial charge in [0, 0.05) is 12.1 Å². The van der Waals surface area contributed by atoms with Crippen LogP contribution in [0.1, 0.15) is 24.9 Å². The first-order chi connectivity index (χ1) is 9.79. The minimum atomic E-state index is -4.39. The van der Waals surface area contributed by atoms with Crippen LogP contribution < -0.4 is 11.1 Å². The Bertz CT molecular complexity index is 598.